The van der Waals surface area contributed by atoms with Crippen LogP contribution in [0.15, 0.2) is 12.1 Å². The highest BCUT2D eigenvalue weighted by atomic mass is 35.5. The molecule has 1 amide bonds. The van der Waals surface area contributed by atoms with Crippen LogP contribution in [0.25, 0.3) is 0 Å². The third kappa shape index (κ3) is 5.76. The zero-order valence-electron chi connectivity index (χ0n) is 15.6. The molecule has 146 valence electrons. The van der Waals surface area contributed by atoms with Gasteiger partial charge < -0.3 is 19.9 Å². The number of benzene rings is 1. The predicted molar refractivity (Wildman–Crippen MR) is 102 cm³/mol. The van der Waals surface area contributed by atoms with Crippen molar-refractivity contribution in [3.63, 3.8) is 0 Å². The number of halogens is 1. The summed E-state index contributed by atoms with van der Waals surface area (Å²) in [6.07, 6.45) is 2.45. The summed E-state index contributed by atoms with van der Waals surface area (Å²) in [4.78, 5) is 14.5. The lowest BCUT2D eigenvalue weighted by Gasteiger charge is -2.32. The maximum Gasteiger partial charge on any atom is 0.224 e. The molecule has 7 heteroatoms. The number of piperidine rings is 1. The molecular weight excluding hydrogens is 356 g/mol. The first kappa shape index (κ1) is 20.8. The van der Waals surface area contributed by atoms with Crippen LogP contribution in [0.4, 0.5) is 0 Å². The van der Waals surface area contributed by atoms with E-state index in [9.17, 15) is 4.79 Å². The fourth-order valence-corrected chi connectivity index (χ4v) is 3.43. The van der Waals surface area contributed by atoms with E-state index in [0.717, 1.165) is 24.9 Å². The number of hydrogen-bond donors (Lipinski definition) is 2. The highest BCUT2D eigenvalue weighted by Gasteiger charge is 2.26. The molecule has 2 rings (SSSR count). The number of nitrogens with one attached hydrogen (secondary N) is 1. The van der Waals surface area contributed by atoms with Crippen molar-refractivity contribution >= 4 is 17.5 Å². The van der Waals surface area contributed by atoms with E-state index in [4.69, 9.17) is 26.2 Å². The quantitative estimate of drug-likeness (QED) is 0.640. The molecule has 26 heavy (non-hydrogen) atoms. The normalized spacial score (nSPS) is 17.8. The van der Waals surface area contributed by atoms with Crippen molar-refractivity contribution < 1.29 is 19.4 Å². The Morgan fingerprint density at radius 3 is 2.92 bits per heavy atom. The molecule has 0 aliphatic carbocycles. The lowest BCUT2D eigenvalue weighted by atomic mass is 9.96. The molecule has 1 aliphatic rings. The Bertz CT molecular complexity index is 597. The number of aliphatic hydroxyl groups excluding tert-OH is 1. The summed E-state index contributed by atoms with van der Waals surface area (Å²) in [5.41, 5.74) is 0.966. The van der Waals surface area contributed by atoms with Gasteiger partial charge in [0, 0.05) is 37.3 Å². The van der Waals surface area contributed by atoms with E-state index in [2.05, 4.69) is 10.2 Å². The minimum absolute atomic E-state index is 0.0224. The van der Waals surface area contributed by atoms with E-state index in [-0.39, 0.29) is 18.4 Å². The number of nitrogens with zero attached hydrogens (tertiary/aromatic N) is 1. The SMILES string of the molecule is CCOc1cc(Cl)c(CN2CCCC(C(=O)NCCCO)C2)cc1OC. The second-order valence-electron chi connectivity index (χ2n) is 6.47. The van der Waals surface area contributed by atoms with Crippen LogP contribution < -0.4 is 14.8 Å². The third-order valence-corrected chi connectivity index (χ3v) is 4.89. The van der Waals surface area contributed by atoms with Crippen LogP contribution in [-0.4, -0.2) is 55.9 Å². The van der Waals surface area contributed by atoms with Crippen molar-refractivity contribution in [2.24, 2.45) is 5.92 Å². The van der Waals surface area contributed by atoms with Gasteiger partial charge in [-0.2, -0.15) is 0 Å². The summed E-state index contributed by atoms with van der Waals surface area (Å²) >= 11 is 6.43. The van der Waals surface area contributed by atoms with Crippen molar-refractivity contribution in [1.82, 2.24) is 10.2 Å². The molecule has 0 spiro atoms. The molecule has 1 heterocycles. The Hall–Kier alpha value is -1.50. The van der Waals surface area contributed by atoms with Gasteiger partial charge in [0.25, 0.3) is 0 Å². The lowest BCUT2D eigenvalue weighted by Crippen LogP contribution is -2.43. The van der Waals surface area contributed by atoms with Crippen LogP contribution in [-0.2, 0) is 11.3 Å². The number of carbonyl (C=O) groups excluding carboxylic acids is 1. The molecule has 0 bridgehead atoms. The minimum atomic E-state index is -0.0224. The van der Waals surface area contributed by atoms with E-state index in [1.807, 2.05) is 13.0 Å². The van der Waals surface area contributed by atoms with E-state index < -0.39 is 0 Å². The van der Waals surface area contributed by atoms with Gasteiger partial charge in [-0.25, -0.2) is 0 Å². The second kappa shape index (κ2) is 10.6. The molecular formula is C19H29ClN2O4. The zero-order chi connectivity index (χ0) is 18.9. The third-order valence-electron chi connectivity index (χ3n) is 4.54. The van der Waals surface area contributed by atoms with Crippen LogP contribution >= 0.6 is 11.6 Å². The van der Waals surface area contributed by atoms with Crippen LogP contribution in [0.2, 0.25) is 5.02 Å². The number of rotatable bonds is 9. The summed E-state index contributed by atoms with van der Waals surface area (Å²) in [7, 11) is 1.61. The Labute approximate surface area is 160 Å². The molecule has 1 unspecified atom stereocenters. The smallest absolute Gasteiger partial charge is 0.224 e. The maximum absolute atomic E-state index is 12.3. The standard InChI is InChI=1S/C19H29ClN2O4/c1-3-26-18-11-16(20)15(10-17(18)25-2)13-22-8-4-6-14(12-22)19(24)21-7-5-9-23/h10-11,14,23H,3-9,12-13H2,1-2H3,(H,21,24). The molecule has 6 nitrogen and oxygen atoms in total. The van der Waals surface area contributed by atoms with Gasteiger partial charge in [0.15, 0.2) is 11.5 Å². The Balaban J connectivity index is 2.00. The van der Waals surface area contributed by atoms with Gasteiger partial charge in [-0.1, -0.05) is 11.6 Å². The van der Waals surface area contributed by atoms with Gasteiger partial charge in [0.2, 0.25) is 5.91 Å². The number of aliphatic hydroxyl groups is 1. The number of likely N-dealkylation sites (tertiary alicyclic amines) is 1. The number of amides is 1. The van der Waals surface area contributed by atoms with E-state index in [0.29, 0.717) is 49.2 Å². The number of ether oxygens (including phenoxy) is 2. The van der Waals surface area contributed by atoms with Gasteiger partial charge in [-0.05, 0) is 44.4 Å². The number of hydrogen-bond acceptors (Lipinski definition) is 5. The summed E-state index contributed by atoms with van der Waals surface area (Å²) in [6, 6.07) is 3.71. The highest BCUT2D eigenvalue weighted by molar-refractivity contribution is 6.31. The molecule has 0 saturated carbocycles. The van der Waals surface area contributed by atoms with Crippen LogP contribution in [0.3, 0.4) is 0 Å². The summed E-state index contributed by atoms with van der Waals surface area (Å²) in [6.45, 7) is 5.39. The molecule has 1 aromatic rings. The fraction of sp³-hybridized carbons (Fsp3) is 0.632. The van der Waals surface area contributed by atoms with Crippen LogP contribution in [0.5, 0.6) is 11.5 Å². The first-order chi connectivity index (χ1) is 12.6. The predicted octanol–water partition coefficient (Wildman–Crippen LogP) is 2.46. The lowest BCUT2D eigenvalue weighted by molar-refractivity contribution is -0.126. The first-order valence-corrected chi connectivity index (χ1v) is 9.57. The Morgan fingerprint density at radius 2 is 2.23 bits per heavy atom. The first-order valence-electron chi connectivity index (χ1n) is 9.19. The van der Waals surface area contributed by atoms with Gasteiger partial charge in [-0.3, -0.25) is 9.69 Å². The average Bonchev–Trinajstić information content (AvgIpc) is 2.64. The fourth-order valence-electron chi connectivity index (χ4n) is 3.22. The van der Waals surface area contributed by atoms with E-state index in [1.165, 1.54) is 0 Å². The van der Waals surface area contributed by atoms with Gasteiger partial charge in [0.05, 0.1) is 19.6 Å². The second-order valence-corrected chi connectivity index (χ2v) is 6.88. The molecule has 0 radical (unpaired) electrons. The molecule has 1 aromatic carbocycles. The largest absolute Gasteiger partial charge is 0.493 e. The molecule has 1 fully saturated rings. The monoisotopic (exact) mass is 384 g/mol. The van der Waals surface area contributed by atoms with E-state index in [1.54, 1.807) is 13.2 Å². The molecule has 1 aliphatic heterocycles. The molecule has 1 atom stereocenters. The maximum atomic E-state index is 12.3. The van der Waals surface area contributed by atoms with Crippen molar-refractivity contribution in [2.75, 3.05) is 40.0 Å². The Morgan fingerprint density at radius 1 is 1.42 bits per heavy atom. The van der Waals surface area contributed by atoms with Gasteiger partial charge in [-0.15, -0.1) is 0 Å². The van der Waals surface area contributed by atoms with Crippen molar-refractivity contribution in [1.29, 1.82) is 0 Å². The average molecular weight is 385 g/mol. The molecule has 0 aromatic heterocycles. The van der Waals surface area contributed by atoms with Crippen LogP contribution in [0.1, 0.15) is 31.7 Å². The van der Waals surface area contributed by atoms with Crippen molar-refractivity contribution in [2.45, 2.75) is 32.7 Å². The van der Waals surface area contributed by atoms with Crippen LogP contribution in [0, 0.1) is 5.92 Å². The van der Waals surface area contributed by atoms with Crippen molar-refractivity contribution in [3.8, 4) is 11.5 Å². The topological polar surface area (TPSA) is 71.0 Å². The molecule has 2 N–H and O–H groups in total. The van der Waals surface area contributed by atoms with Crippen molar-refractivity contribution in [3.05, 3.63) is 22.7 Å². The number of carbonyl (C=O) groups is 1. The van der Waals surface area contributed by atoms with Gasteiger partial charge >= 0.3 is 0 Å². The minimum Gasteiger partial charge on any atom is -0.493 e. The molecule has 1 saturated heterocycles. The summed E-state index contributed by atoms with van der Waals surface area (Å²) in [5, 5.41) is 12.4. The number of methoxy groups -OCH3 is 1. The Kier molecular flexibility index (Phi) is 8.48. The van der Waals surface area contributed by atoms with E-state index >= 15 is 0 Å². The zero-order valence-corrected chi connectivity index (χ0v) is 16.3. The summed E-state index contributed by atoms with van der Waals surface area (Å²) in [5.74, 6) is 1.36. The van der Waals surface area contributed by atoms with Gasteiger partial charge in [0.1, 0.15) is 0 Å². The summed E-state index contributed by atoms with van der Waals surface area (Å²) < 4.78 is 11.0. The highest BCUT2D eigenvalue weighted by Crippen LogP contribution is 2.34.